The van der Waals surface area contributed by atoms with Crippen LogP contribution >= 0.6 is 11.3 Å². The Morgan fingerprint density at radius 2 is 2.38 bits per heavy atom. The Morgan fingerprint density at radius 3 is 3.12 bits per heavy atom. The Bertz CT molecular complexity index is 593. The highest BCUT2D eigenvalue weighted by molar-refractivity contribution is 7.19. The van der Waals surface area contributed by atoms with Crippen LogP contribution in [0.1, 0.15) is 22.8 Å². The van der Waals surface area contributed by atoms with E-state index in [2.05, 4.69) is 9.97 Å². The minimum absolute atomic E-state index is 0.395. The molecule has 5 nitrogen and oxygen atoms in total. The largest absolute Gasteiger partial charge is 0.481 e. The quantitative estimate of drug-likeness (QED) is 0.779. The van der Waals surface area contributed by atoms with Gasteiger partial charge < -0.3 is 10.8 Å². The molecule has 0 saturated heterocycles. The molecule has 2 aromatic heterocycles. The molecule has 0 aromatic carbocycles. The number of carboxylic acids is 1. The number of carbonyl (C=O) groups is 1. The van der Waals surface area contributed by atoms with Crippen molar-refractivity contribution < 1.29 is 9.90 Å². The van der Waals surface area contributed by atoms with Crippen molar-refractivity contribution in [2.75, 3.05) is 5.73 Å². The van der Waals surface area contributed by atoms with E-state index < -0.39 is 11.9 Å². The van der Waals surface area contributed by atoms with Gasteiger partial charge in [-0.05, 0) is 18.4 Å². The lowest BCUT2D eigenvalue weighted by molar-refractivity contribution is -0.138. The molecule has 3 N–H and O–H groups in total. The molecule has 0 bridgehead atoms. The third-order valence-corrected chi connectivity index (χ3v) is 4.20. The van der Waals surface area contributed by atoms with E-state index in [0.717, 1.165) is 27.1 Å². The van der Waals surface area contributed by atoms with Crippen molar-refractivity contribution >= 4 is 33.3 Å². The molecule has 0 fully saturated rings. The molecule has 2 heterocycles. The van der Waals surface area contributed by atoms with E-state index in [0.29, 0.717) is 12.2 Å². The van der Waals surface area contributed by atoms with Gasteiger partial charge in [-0.3, -0.25) is 4.79 Å². The van der Waals surface area contributed by atoms with E-state index in [1.807, 2.05) is 0 Å². The maximum atomic E-state index is 11.1. The fraction of sp³-hybridized carbons (Fsp3) is 0.300. The summed E-state index contributed by atoms with van der Waals surface area (Å²) in [5.41, 5.74) is 6.84. The van der Waals surface area contributed by atoms with Gasteiger partial charge in [0.05, 0.1) is 11.3 Å². The van der Waals surface area contributed by atoms with Crippen LogP contribution in [0.4, 0.5) is 5.82 Å². The molecular formula is C10H9N3O2S. The Kier molecular flexibility index (Phi) is 1.88. The Labute approximate surface area is 94.9 Å². The van der Waals surface area contributed by atoms with Crippen LogP contribution in [0.5, 0.6) is 0 Å². The van der Waals surface area contributed by atoms with Gasteiger partial charge in [0.15, 0.2) is 0 Å². The van der Waals surface area contributed by atoms with Crippen molar-refractivity contribution in [2.45, 2.75) is 18.8 Å². The fourth-order valence-electron chi connectivity index (χ4n) is 2.22. The Morgan fingerprint density at radius 1 is 1.56 bits per heavy atom. The molecule has 1 aliphatic rings. The smallest absolute Gasteiger partial charge is 0.311 e. The van der Waals surface area contributed by atoms with Gasteiger partial charge >= 0.3 is 5.97 Å². The number of nitrogens with two attached hydrogens (primary N) is 1. The second kappa shape index (κ2) is 3.15. The maximum Gasteiger partial charge on any atom is 0.311 e. The van der Waals surface area contributed by atoms with Crippen molar-refractivity contribution in [1.82, 2.24) is 9.97 Å². The van der Waals surface area contributed by atoms with Gasteiger partial charge in [0.2, 0.25) is 0 Å². The van der Waals surface area contributed by atoms with E-state index in [1.54, 1.807) is 0 Å². The standard InChI is InChI=1S/C10H9N3O2S/c11-8-6-4-1-2-5(10(14)15)7(4)16-9(6)13-3-12-8/h3,5H,1-2H2,(H,14,15)(H2,11,12,13). The zero-order valence-corrected chi connectivity index (χ0v) is 9.12. The maximum absolute atomic E-state index is 11.1. The van der Waals surface area contributed by atoms with Crippen molar-refractivity contribution in [3.05, 3.63) is 16.8 Å². The van der Waals surface area contributed by atoms with Crippen LogP contribution in [0.25, 0.3) is 10.2 Å². The predicted molar refractivity (Wildman–Crippen MR) is 60.5 cm³/mol. The van der Waals surface area contributed by atoms with Crippen LogP contribution in [-0.4, -0.2) is 21.0 Å². The van der Waals surface area contributed by atoms with Gasteiger partial charge in [-0.1, -0.05) is 0 Å². The highest BCUT2D eigenvalue weighted by atomic mass is 32.1. The minimum atomic E-state index is -0.767. The molecule has 0 amide bonds. The second-order valence-electron chi connectivity index (χ2n) is 3.81. The number of thiophene rings is 1. The number of fused-ring (bicyclic) bond motifs is 3. The summed E-state index contributed by atoms with van der Waals surface area (Å²) >= 11 is 1.43. The molecule has 1 atom stereocenters. The zero-order chi connectivity index (χ0) is 11.3. The third-order valence-electron chi connectivity index (χ3n) is 2.95. The first kappa shape index (κ1) is 9.53. The third kappa shape index (κ3) is 1.13. The number of carboxylic acid groups (broad SMARTS) is 1. The SMILES string of the molecule is Nc1ncnc2sc3c(c12)CCC3C(=O)O. The van der Waals surface area contributed by atoms with Gasteiger partial charge in [0.1, 0.15) is 17.0 Å². The minimum Gasteiger partial charge on any atom is -0.481 e. The van der Waals surface area contributed by atoms with Crippen molar-refractivity contribution in [3.8, 4) is 0 Å². The van der Waals surface area contributed by atoms with E-state index >= 15 is 0 Å². The van der Waals surface area contributed by atoms with E-state index in [4.69, 9.17) is 10.8 Å². The molecule has 2 aromatic rings. The first-order chi connectivity index (χ1) is 7.68. The summed E-state index contributed by atoms with van der Waals surface area (Å²) in [5, 5.41) is 9.95. The lowest BCUT2D eigenvalue weighted by Gasteiger charge is -2.00. The molecule has 0 spiro atoms. The highest BCUT2D eigenvalue weighted by Gasteiger charge is 2.33. The number of aryl methyl sites for hydroxylation is 1. The summed E-state index contributed by atoms with van der Waals surface area (Å²) in [4.78, 5) is 20.8. The Balaban J connectivity index is 2.29. The zero-order valence-electron chi connectivity index (χ0n) is 8.30. The fourth-order valence-corrected chi connectivity index (χ4v) is 3.54. The summed E-state index contributed by atoms with van der Waals surface area (Å²) in [5.74, 6) is -0.709. The molecule has 3 rings (SSSR count). The number of nitrogens with zero attached hydrogens (tertiary/aromatic N) is 2. The van der Waals surface area contributed by atoms with Crippen LogP contribution in [0, 0.1) is 0 Å². The first-order valence-corrected chi connectivity index (χ1v) is 5.74. The topological polar surface area (TPSA) is 89.1 Å². The van der Waals surface area contributed by atoms with Gasteiger partial charge in [0.25, 0.3) is 0 Å². The number of aliphatic carboxylic acids is 1. The molecule has 0 radical (unpaired) electrons. The number of hydrogen-bond donors (Lipinski definition) is 2. The van der Waals surface area contributed by atoms with E-state index in [-0.39, 0.29) is 0 Å². The lowest BCUT2D eigenvalue weighted by Crippen LogP contribution is -2.06. The molecule has 0 aliphatic heterocycles. The summed E-state index contributed by atoms with van der Waals surface area (Å²) in [7, 11) is 0. The average molecular weight is 235 g/mol. The van der Waals surface area contributed by atoms with E-state index in [1.165, 1.54) is 17.7 Å². The Hall–Kier alpha value is -1.69. The molecule has 16 heavy (non-hydrogen) atoms. The van der Waals surface area contributed by atoms with Crippen molar-refractivity contribution in [1.29, 1.82) is 0 Å². The molecule has 1 aliphatic carbocycles. The van der Waals surface area contributed by atoms with Crippen LogP contribution in [0.2, 0.25) is 0 Å². The van der Waals surface area contributed by atoms with Crippen LogP contribution in [-0.2, 0) is 11.2 Å². The number of aromatic nitrogens is 2. The average Bonchev–Trinajstić information content (AvgIpc) is 2.74. The summed E-state index contributed by atoms with van der Waals surface area (Å²) in [6.07, 6.45) is 2.82. The van der Waals surface area contributed by atoms with Gasteiger partial charge in [-0.25, -0.2) is 9.97 Å². The van der Waals surface area contributed by atoms with Gasteiger partial charge in [0, 0.05) is 4.88 Å². The molecule has 0 saturated carbocycles. The molecule has 82 valence electrons. The summed E-state index contributed by atoms with van der Waals surface area (Å²) in [6.45, 7) is 0. The van der Waals surface area contributed by atoms with Crippen LogP contribution < -0.4 is 5.73 Å². The lowest BCUT2D eigenvalue weighted by atomic mass is 10.1. The molecule has 6 heteroatoms. The van der Waals surface area contributed by atoms with Crippen LogP contribution in [0.15, 0.2) is 6.33 Å². The van der Waals surface area contributed by atoms with Crippen molar-refractivity contribution in [3.63, 3.8) is 0 Å². The number of rotatable bonds is 1. The molecular weight excluding hydrogens is 226 g/mol. The van der Waals surface area contributed by atoms with Crippen LogP contribution in [0.3, 0.4) is 0 Å². The van der Waals surface area contributed by atoms with Crippen molar-refractivity contribution in [2.24, 2.45) is 0 Å². The van der Waals surface area contributed by atoms with E-state index in [9.17, 15) is 4.79 Å². The summed E-state index contributed by atoms with van der Waals surface area (Å²) < 4.78 is 0. The predicted octanol–water partition coefficient (Wildman–Crippen LogP) is 1.39. The number of hydrogen-bond acceptors (Lipinski definition) is 5. The second-order valence-corrected chi connectivity index (χ2v) is 4.84. The van der Waals surface area contributed by atoms with Gasteiger partial charge in [-0.2, -0.15) is 0 Å². The first-order valence-electron chi connectivity index (χ1n) is 4.93. The monoisotopic (exact) mass is 235 g/mol. The highest BCUT2D eigenvalue weighted by Crippen LogP contribution is 2.44. The number of anilines is 1. The number of nitrogen functional groups attached to an aromatic ring is 1. The summed E-state index contributed by atoms with van der Waals surface area (Å²) in [6, 6.07) is 0. The molecule has 1 unspecified atom stereocenters. The van der Waals surface area contributed by atoms with Gasteiger partial charge in [-0.15, -0.1) is 11.3 Å². The normalized spacial score (nSPS) is 18.9.